The molecule has 2 aromatic heterocycles. The summed E-state index contributed by atoms with van der Waals surface area (Å²) in [5.74, 6) is 0.372. The molecule has 2 atom stereocenters. The van der Waals surface area contributed by atoms with Gasteiger partial charge in [0, 0.05) is 24.6 Å². The highest BCUT2D eigenvalue weighted by Gasteiger charge is 2.29. The van der Waals surface area contributed by atoms with Crippen molar-refractivity contribution in [3.05, 3.63) is 59.2 Å². The number of carboxylic acids is 1. The van der Waals surface area contributed by atoms with Gasteiger partial charge in [-0.1, -0.05) is 59.9 Å². The number of aromatic carboxylic acids is 1. The van der Waals surface area contributed by atoms with Crippen LogP contribution in [0.15, 0.2) is 36.7 Å². The summed E-state index contributed by atoms with van der Waals surface area (Å²) < 4.78 is 81.6. The maximum Gasteiger partial charge on any atom is 0.424 e. The summed E-state index contributed by atoms with van der Waals surface area (Å²) in [4.78, 5) is 41.5. The second kappa shape index (κ2) is 25.7. The van der Waals surface area contributed by atoms with Gasteiger partial charge >= 0.3 is 18.2 Å². The fraction of sp³-hybridized carbons (Fsp3) is 0.667. The van der Waals surface area contributed by atoms with Gasteiger partial charge in [-0.15, -0.1) is 0 Å². The van der Waals surface area contributed by atoms with Gasteiger partial charge in [-0.3, -0.25) is 9.97 Å². The average molecular weight is 896 g/mol. The quantitative estimate of drug-likeness (QED) is 0.217. The van der Waals surface area contributed by atoms with Crippen LogP contribution in [0.2, 0.25) is 0 Å². The number of sulfonamides is 3. The van der Waals surface area contributed by atoms with Crippen molar-refractivity contribution in [3.63, 3.8) is 0 Å². The summed E-state index contributed by atoms with van der Waals surface area (Å²) in [7, 11) is -10.3. The first-order chi connectivity index (χ1) is 26.4. The van der Waals surface area contributed by atoms with E-state index in [9.17, 15) is 39.6 Å². The fourth-order valence-electron chi connectivity index (χ4n) is 5.43. The molecular formula is C39H69N5O12S3. The Morgan fingerprint density at radius 2 is 1.27 bits per heavy atom. The number of carboxylic acid groups (broad SMARTS) is 1. The van der Waals surface area contributed by atoms with E-state index in [4.69, 9.17) is 9.84 Å². The van der Waals surface area contributed by atoms with Gasteiger partial charge in [0.1, 0.15) is 11.2 Å². The van der Waals surface area contributed by atoms with E-state index in [2.05, 4.69) is 26.4 Å². The molecule has 2 amide bonds. The highest BCUT2D eigenvalue weighted by Crippen LogP contribution is 2.31. The zero-order chi connectivity index (χ0) is 45.1. The third kappa shape index (κ3) is 26.8. The molecule has 3 rings (SSSR count). The number of pyridine rings is 2. The minimum Gasteiger partial charge on any atom is -0.478 e. The Morgan fingerprint density at radius 3 is 1.68 bits per heavy atom. The number of nitrogens with zero attached hydrogens (tertiary/aromatic N) is 3. The smallest absolute Gasteiger partial charge is 0.424 e. The van der Waals surface area contributed by atoms with Gasteiger partial charge < -0.3 is 14.6 Å². The molecule has 1 aliphatic rings. The van der Waals surface area contributed by atoms with E-state index >= 15 is 0 Å². The lowest BCUT2D eigenvalue weighted by molar-refractivity contribution is 0.0381. The number of amides is 2. The van der Waals surface area contributed by atoms with E-state index in [0.717, 1.165) is 28.4 Å². The van der Waals surface area contributed by atoms with Crippen molar-refractivity contribution >= 4 is 48.2 Å². The highest BCUT2D eigenvalue weighted by atomic mass is 32.2. The summed E-state index contributed by atoms with van der Waals surface area (Å²) in [5.41, 5.74) is 0.943. The number of aryl methyl sites for hydroxylation is 2. The van der Waals surface area contributed by atoms with Crippen LogP contribution in [0.4, 0.5) is 9.59 Å². The van der Waals surface area contributed by atoms with Crippen LogP contribution in [0.25, 0.3) is 0 Å². The molecule has 340 valence electrons. The van der Waals surface area contributed by atoms with E-state index in [0.29, 0.717) is 42.1 Å². The van der Waals surface area contributed by atoms with Crippen LogP contribution in [-0.2, 0) is 58.9 Å². The lowest BCUT2D eigenvalue weighted by Crippen LogP contribution is -2.40. The first-order valence-electron chi connectivity index (χ1n) is 18.9. The van der Waals surface area contributed by atoms with E-state index < -0.39 is 59.4 Å². The van der Waals surface area contributed by atoms with E-state index in [1.165, 1.54) is 38.4 Å². The normalized spacial score (nSPS) is 15.5. The van der Waals surface area contributed by atoms with Crippen molar-refractivity contribution in [2.24, 2.45) is 11.8 Å². The van der Waals surface area contributed by atoms with E-state index in [1.807, 2.05) is 13.8 Å². The van der Waals surface area contributed by atoms with E-state index in [1.54, 1.807) is 82.9 Å². The third-order valence-corrected chi connectivity index (χ3v) is 10.3. The molecule has 20 heteroatoms. The number of nitrogens with one attached hydrogen (secondary N) is 2. The molecule has 2 heterocycles. The zero-order valence-electron chi connectivity index (χ0n) is 36.0. The molecule has 0 bridgehead atoms. The average Bonchev–Trinajstić information content (AvgIpc) is 3.07. The van der Waals surface area contributed by atoms with Crippen LogP contribution in [-0.4, -0.2) is 99.3 Å². The summed E-state index contributed by atoms with van der Waals surface area (Å²) >= 11 is 0. The standard InChI is InChI=1S/C14H22N2O4S.C10H21NO2S.C8H9NO2.C6H13NO4S.CH4/c1-6-12-11(8-7-9-15-12)10-16(21(5,18)19)13(17)20-14(2,3)4;1-3-9-6-4-5-7-10(9)8-11-14(2,12)13;1-2-7-6(8(10)11)4-3-5-9-7;1-6(2,3)11-5(8)7-12(4,9)10;/h7-9H,6,10H2,1-5H3;9-11H,3-8H2,1-2H3;3-5H,2H2,1H3,(H,10,11);1-4H3,(H,7,8);1H4. The SMILES string of the molecule is C.CC(C)(C)OC(=O)NS(C)(=O)=O.CCC1CCCCC1CNS(C)(=O)=O.CCc1ncccc1C(=O)O.CCc1ncccc1CN(C(=O)OC(C)(C)C)S(C)(=O)=O. The van der Waals surface area contributed by atoms with Gasteiger partial charge in [0.2, 0.25) is 30.1 Å². The number of hydrogen-bond acceptors (Lipinski definition) is 13. The van der Waals surface area contributed by atoms with Gasteiger partial charge in [0.15, 0.2) is 0 Å². The van der Waals surface area contributed by atoms with Crippen LogP contribution < -0.4 is 9.44 Å². The van der Waals surface area contributed by atoms with Gasteiger partial charge in [-0.2, -0.15) is 0 Å². The van der Waals surface area contributed by atoms with Crippen molar-refractivity contribution in [2.45, 2.75) is 132 Å². The second-order valence-electron chi connectivity index (χ2n) is 15.6. The molecule has 59 heavy (non-hydrogen) atoms. The van der Waals surface area contributed by atoms with Gasteiger partial charge in [0.05, 0.1) is 36.6 Å². The number of rotatable bonds is 11. The van der Waals surface area contributed by atoms with Gasteiger partial charge in [-0.05, 0) is 96.4 Å². The molecule has 3 N–H and O–H groups in total. The first-order valence-corrected chi connectivity index (χ1v) is 24.5. The predicted molar refractivity (Wildman–Crippen MR) is 230 cm³/mol. The zero-order valence-corrected chi connectivity index (χ0v) is 38.4. The molecule has 1 aliphatic carbocycles. The minimum atomic E-state index is -3.73. The Morgan fingerprint density at radius 1 is 0.780 bits per heavy atom. The molecule has 1 fully saturated rings. The summed E-state index contributed by atoms with van der Waals surface area (Å²) in [6.45, 7) is 16.6. The number of carbonyl (C=O) groups excluding carboxylic acids is 2. The van der Waals surface area contributed by atoms with Crippen molar-refractivity contribution in [1.29, 1.82) is 0 Å². The lowest BCUT2D eigenvalue weighted by Gasteiger charge is -2.30. The summed E-state index contributed by atoms with van der Waals surface area (Å²) in [6.07, 6.45) is 12.0. The Balaban J connectivity index is 0. The topological polar surface area (TPSA) is 245 Å². The van der Waals surface area contributed by atoms with Crippen molar-refractivity contribution in [2.75, 3.05) is 25.3 Å². The molecular weight excluding hydrogens is 827 g/mol. The number of ether oxygens (including phenoxy) is 2. The Kier molecular flexibility index (Phi) is 24.9. The first kappa shape index (κ1) is 57.2. The molecule has 17 nitrogen and oxygen atoms in total. The number of hydrogen-bond donors (Lipinski definition) is 3. The molecule has 0 spiro atoms. The van der Waals surface area contributed by atoms with Crippen LogP contribution in [0.1, 0.15) is 129 Å². The Bertz CT molecular complexity index is 1950. The maximum atomic E-state index is 12.1. The highest BCUT2D eigenvalue weighted by molar-refractivity contribution is 7.89. The van der Waals surface area contributed by atoms with Crippen molar-refractivity contribution in [3.8, 4) is 0 Å². The number of carbonyl (C=O) groups is 3. The minimum absolute atomic E-state index is 0. The van der Waals surface area contributed by atoms with Gasteiger partial charge in [-0.25, -0.2) is 53.4 Å². The molecule has 0 saturated heterocycles. The van der Waals surface area contributed by atoms with E-state index in [-0.39, 0.29) is 14.0 Å². The monoisotopic (exact) mass is 895 g/mol. The molecule has 0 aliphatic heterocycles. The van der Waals surface area contributed by atoms with Crippen LogP contribution >= 0.6 is 0 Å². The van der Waals surface area contributed by atoms with Gasteiger partial charge in [0.25, 0.3) is 0 Å². The Hall–Kier alpha value is -3.88. The molecule has 1 saturated carbocycles. The lowest BCUT2D eigenvalue weighted by atomic mass is 9.78. The third-order valence-electron chi connectivity index (χ3n) is 7.95. The van der Waals surface area contributed by atoms with Crippen molar-refractivity contribution in [1.82, 2.24) is 23.7 Å². The second-order valence-corrected chi connectivity index (χ2v) is 21.1. The molecule has 2 aromatic rings. The van der Waals surface area contributed by atoms with Crippen molar-refractivity contribution < 1.29 is 54.2 Å². The maximum absolute atomic E-state index is 12.1. The fourth-order valence-corrected chi connectivity index (χ4v) is 6.98. The van der Waals surface area contributed by atoms with Crippen LogP contribution in [0.5, 0.6) is 0 Å². The number of aromatic nitrogens is 2. The largest absolute Gasteiger partial charge is 0.478 e. The molecule has 0 radical (unpaired) electrons. The summed E-state index contributed by atoms with van der Waals surface area (Å²) in [6, 6.07) is 6.66. The molecule has 0 aromatic carbocycles. The predicted octanol–water partition coefficient (Wildman–Crippen LogP) is 6.54. The van der Waals surface area contributed by atoms with Crippen LogP contribution in [0, 0.1) is 11.8 Å². The molecule has 2 unspecified atom stereocenters. The Labute approximate surface area is 353 Å². The summed E-state index contributed by atoms with van der Waals surface area (Å²) in [5, 5.41) is 8.66. The van der Waals surface area contributed by atoms with Crippen LogP contribution in [0.3, 0.4) is 0 Å².